The molecule has 0 unspecified atom stereocenters. The number of rotatable bonds is 5. The number of carbonyl (C=O) groups excluding carboxylic acids is 1. The number of nitrogens with zero attached hydrogens (tertiary/aromatic N) is 1. The van der Waals surface area contributed by atoms with Gasteiger partial charge in [0.15, 0.2) is 11.5 Å². The highest BCUT2D eigenvalue weighted by Crippen LogP contribution is 2.42. The first kappa shape index (κ1) is 24.5. The van der Waals surface area contributed by atoms with Crippen molar-refractivity contribution in [2.24, 2.45) is 11.8 Å². The van der Waals surface area contributed by atoms with E-state index < -0.39 is 23.8 Å². The Morgan fingerprint density at radius 2 is 1.86 bits per heavy atom. The van der Waals surface area contributed by atoms with Crippen molar-refractivity contribution in [3.8, 4) is 11.5 Å². The van der Waals surface area contributed by atoms with Crippen molar-refractivity contribution in [1.29, 1.82) is 0 Å². The molecule has 0 saturated heterocycles. The van der Waals surface area contributed by atoms with Gasteiger partial charge in [-0.05, 0) is 49.8 Å². The number of halogens is 5. The van der Waals surface area contributed by atoms with Gasteiger partial charge in [-0.1, -0.05) is 17.7 Å². The summed E-state index contributed by atoms with van der Waals surface area (Å²) < 4.78 is 64.5. The number of H-pyrrole nitrogens is 1. The second-order valence-corrected chi connectivity index (χ2v) is 9.36. The highest BCUT2D eigenvalue weighted by Gasteiger charge is 2.41. The molecular formula is C24H23ClF4N4O3. The number of carbonyl (C=O) groups is 1. The summed E-state index contributed by atoms with van der Waals surface area (Å²) in [4.78, 5) is 20.5. The number of fused-ring (bicyclic) bond motifs is 3. The number of hydrogen-bond donors (Lipinski definition) is 3. The summed E-state index contributed by atoms with van der Waals surface area (Å²) >= 11 is 6.09. The molecule has 0 bridgehead atoms. The fourth-order valence-corrected chi connectivity index (χ4v) is 4.87. The quantitative estimate of drug-likeness (QED) is 0.357. The van der Waals surface area contributed by atoms with E-state index in [4.69, 9.17) is 21.1 Å². The standard InChI is InChI=1S/C24H23ClF4N4O3/c25-15-2-1-3-16(26)18(15)32-23-31-17-10-14(20-21(19(17)33-23)36-9-8-35-20)22(34)30-11-12-4-6-13(7-5-12)24(27,28)29/h1-3,10,12-13H,4-9,11H2,(H,30,34)(H2,31,32,33)/t12-,13-. The topological polar surface area (TPSA) is 88.3 Å². The Morgan fingerprint density at radius 1 is 1.14 bits per heavy atom. The lowest BCUT2D eigenvalue weighted by Gasteiger charge is -2.30. The Bertz CT molecular complexity index is 1270. The van der Waals surface area contributed by atoms with Crippen molar-refractivity contribution in [3.63, 3.8) is 0 Å². The molecule has 3 aromatic rings. The molecule has 1 amide bonds. The minimum Gasteiger partial charge on any atom is -0.485 e. The van der Waals surface area contributed by atoms with E-state index in [1.165, 1.54) is 24.3 Å². The van der Waals surface area contributed by atoms with Gasteiger partial charge in [-0.3, -0.25) is 4.79 Å². The van der Waals surface area contributed by atoms with Gasteiger partial charge in [-0.15, -0.1) is 0 Å². The van der Waals surface area contributed by atoms with Crippen molar-refractivity contribution >= 4 is 40.2 Å². The lowest BCUT2D eigenvalue weighted by molar-refractivity contribution is -0.183. The summed E-state index contributed by atoms with van der Waals surface area (Å²) in [5, 5.41) is 5.81. The molecule has 1 saturated carbocycles. The van der Waals surface area contributed by atoms with Crippen LogP contribution in [0.15, 0.2) is 24.3 Å². The number of ether oxygens (including phenoxy) is 2. The molecule has 0 radical (unpaired) electrons. The molecule has 0 atom stereocenters. The monoisotopic (exact) mass is 526 g/mol. The second kappa shape index (κ2) is 9.68. The van der Waals surface area contributed by atoms with E-state index in [1.807, 2.05) is 0 Å². The molecule has 2 aromatic carbocycles. The number of benzene rings is 2. The first-order chi connectivity index (χ1) is 17.2. The molecule has 0 spiro atoms. The lowest BCUT2D eigenvalue weighted by Crippen LogP contribution is -2.34. The zero-order chi connectivity index (χ0) is 25.4. The Balaban J connectivity index is 1.35. The normalized spacial score (nSPS) is 19.8. The van der Waals surface area contributed by atoms with Crippen LogP contribution in [0.1, 0.15) is 36.0 Å². The van der Waals surface area contributed by atoms with Crippen molar-refractivity contribution in [2.75, 3.05) is 25.1 Å². The summed E-state index contributed by atoms with van der Waals surface area (Å²) in [6, 6.07) is 5.81. The third kappa shape index (κ3) is 4.88. The molecule has 1 aliphatic carbocycles. The van der Waals surface area contributed by atoms with Gasteiger partial charge in [0.05, 0.1) is 27.7 Å². The molecule has 192 valence electrons. The number of alkyl halides is 3. The fourth-order valence-electron chi connectivity index (χ4n) is 4.66. The number of amides is 1. The molecule has 36 heavy (non-hydrogen) atoms. The van der Waals surface area contributed by atoms with E-state index in [1.54, 1.807) is 0 Å². The van der Waals surface area contributed by atoms with Gasteiger partial charge < -0.3 is 25.1 Å². The maximum atomic E-state index is 14.2. The SMILES string of the molecule is O=C(NC[C@H]1CC[C@H](C(F)(F)F)CC1)c1cc2nc(Nc3c(F)cccc3Cl)[nH]c2c2c1OCCO2. The van der Waals surface area contributed by atoms with Crippen LogP contribution in [0, 0.1) is 17.7 Å². The van der Waals surface area contributed by atoms with Crippen molar-refractivity contribution in [1.82, 2.24) is 15.3 Å². The van der Waals surface area contributed by atoms with Gasteiger partial charge in [-0.2, -0.15) is 13.2 Å². The third-order valence-electron chi connectivity index (χ3n) is 6.58. The first-order valence-corrected chi connectivity index (χ1v) is 12.0. The smallest absolute Gasteiger partial charge is 0.391 e. The number of imidazole rings is 1. The van der Waals surface area contributed by atoms with Crippen molar-refractivity contribution < 1.29 is 31.8 Å². The van der Waals surface area contributed by atoms with Crippen LogP contribution in [0.4, 0.5) is 29.2 Å². The highest BCUT2D eigenvalue weighted by molar-refractivity contribution is 6.33. The Kier molecular flexibility index (Phi) is 6.59. The average Bonchev–Trinajstić information content (AvgIpc) is 3.27. The van der Waals surface area contributed by atoms with Gasteiger partial charge in [0.1, 0.15) is 24.5 Å². The van der Waals surface area contributed by atoms with E-state index in [-0.39, 0.29) is 66.5 Å². The molecule has 5 rings (SSSR count). The maximum Gasteiger partial charge on any atom is 0.391 e. The summed E-state index contributed by atoms with van der Waals surface area (Å²) in [5.74, 6) is -1.57. The molecule has 1 aliphatic heterocycles. The van der Waals surface area contributed by atoms with Crippen LogP contribution in [-0.2, 0) is 0 Å². The van der Waals surface area contributed by atoms with Crippen LogP contribution in [0.25, 0.3) is 11.0 Å². The third-order valence-corrected chi connectivity index (χ3v) is 6.89. The lowest BCUT2D eigenvalue weighted by atomic mass is 9.81. The molecule has 2 heterocycles. The fraction of sp³-hybridized carbons (Fsp3) is 0.417. The molecule has 12 heteroatoms. The predicted octanol–water partition coefficient (Wildman–Crippen LogP) is 5.97. The van der Waals surface area contributed by atoms with Gasteiger partial charge in [0.2, 0.25) is 5.95 Å². The van der Waals surface area contributed by atoms with E-state index >= 15 is 0 Å². The Labute approximate surface area is 208 Å². The molecule has 1 fully saturated rings. The summed E-state index contributed by atoms with van der Waals surface area (Å²) in [6.07, 6.45) is -3.24. The number of para-hydroxylation sites is 1. The van der Waals surface area contributed by atoms with E-state index in [9.17, 15) is 22.4 Å². The second-order valence-electron chi connectivity index (χ2n) is 8.95. The minimum absolute atomic E-state index is 0.0315. The van der Waals surface area contributed by atoms with Gasteiger partial charge in [-0.25, -0.2) is 9.37 Å². The zero-order valence-electron chi connectivity index (χ0n) is 19.0. The number of nitrogens with one attached hydrogen (secondary N) is 3. The molecule has 3 N–H and O–H groups in total. The molecular weight excluding hydrogens is 504 g/mol. The van der Waals surface area contributed by atoms with Crippen LogP contribution in [-0.4, -0.2) is 41.8 Å². The van der Waals surface area contributed by atoms with Gasteiger partial charge >= 0.3 is 6.18 Å². The molecule has 2 aliphatic rings. The van der Waals surface area contributed by atoms with Gasteiger partial charge in [0, 0.05) is 6.54 Å². The number of hydrogen-bond acceptors (Lipinski definition) is 5. The van der Waals surface area contributed by atoms with Crippen LogP contribution >= 0.6 is 11.6 Å². The van der Waals surface area contributed by atoms with Gasteiger partial charge in [0.25, 0.3) is 5.91 Å². The molecule has 1 aromatic heterocycles. The van der Waals surface area contributed by atoms with Crippen LogP contribution < -0.4 is 20.1 Å². The minimum atomic E-state index is -4.17. The van der Waals surface area contributed by atoms with Crippen LogP contribution in [0.2, 0.25) is 5.02 Å². The van der Waals surface area contributed by atoms with E-state index in [0.29, 0.717) is 29.6 Å². The maximum absolute atomic E-state index is 14.2. The number of aromatic amines is 1. The predicted molar refractivity (Wildman–Crippen MR) is 126 cm³/mol. The Morgan fingerprint density at radius 3 is 2.56 bits per heavy atom. The summed E-state index contributed by atoms with van der Waals surface area (Å²) in [6.45, 7) is 0.761. The number of aromatic nitrogens is 2. The highest BCUT2D eigenvalue weighted by atomic mass is 35.5. The Hall–Kier alpha value is -3.21. The molecule has 7 nitrogen and oxygen atoms in total. The summed E-state index contributed by atoms with van der Waals surface area (Å²) in [7, 11) is 0. The van der Waals surface area contributed by atoms with Crippen molar-refractivity contribution in [2.45, 2.75) is 31.9 Å². The zero-order valence-corrected chi connectivity index (χ0v) is 19.7. The van der Waals surface area contributed by atoms with Crippen LogP contribution in [0.5, 0.6) is 11.5 Å². The van der Waals surface area contributed by atoms with E-state index in [2.05, 4.69) is 20.6 Å². The van der Waals surface area contributed by atoms with E-state index in [0.717, 1.165) is 0 Å². The van der Waals surface area contributed by atoms with Crippen molar-refractivity contribution in [3.05, 3.63) is 40.7 Å². The summed E-state index contributed by atoms with van der Waals surface area (Å²) in [5.41, 5.74) is 1.08. The largest absolute Gasteiger partial charge is 0.485 e. The van der Waals surface area contributed by atoms with Crippen LogP contribution in [0.3, 0.4) is 0 Å². The first-order valence-electron chi connectivity index (χ1n) is 11.6. The average molecular weight is 527 g/mol. The number of anilines is 2.